The van der Waals surface area contributed by atoms with Gasteiger partial charge in [0.2, 0.25) is 0 Å². The molecule has 0 aliphatic heterocycles. The van der Waals surface area contributed by atoms with E-state index in [1.807, 2.05) is 30.6 Å². The van der Waals surface area contributed by atoms with E-state index in [4.69, 9.17) is 0 Å². The number of hydrogen-bond acceptors (Lipinski definition) is 3. The first-order valence-electron chi connectivity index (χ1n) is 10.5. The number of fused-ring (bicyclic) bond motifs is 1. The standard InChI is InChI=1S/C25H21F3N2O2S/c1-14-10-17(11-18(13-29)16-6-5-7-19(12-16)25(26,27)28)15(2)30(14)23-22(24(31)32)20-8-3-4-9-21(20)33-23/h5-7,10-12H,3-4,8-9H2,1-2H3,(H,31,32). The molecule has 1 aliphatic carbocycles. The van der Waals surface area contributed by atoms with Gasteiger partial charge in [0.1, 0.15) is 5.00 Å². The van der Waals surface area contributed by atoms with Gasteiger partial charge in [0.15, 0.2) is 0 Å². The van der Waals surface area contributed by atoms with Gasteiger partial charge in [-0.25, -0.2) is 4.79 Å². The SMILES string of the molecule is Cc1cc(C=C(C#N)c2cccc(C(F)(F)F)c2)c(C)n1-c1sc2c(c1C(=O)O)CCCC2. The summed E-state index contributed by atoms with van der Waals surface area (Å²) in [4.78, 5) is 13.2. The Hall–Kier alpha value is -3.31. The number of allylic oxidation sites excluding steroid dienone is 1. The van der Waals surface area contributed by atoms with E-state index in [-0.39, 0.29) is 11.1 Å². The zero-order valence-corrected chi connectivity index (χ0v) is 18.9. The average Bonchev–Trinajstić information content (AvgIpc) is 3.27. The monoisotopic (exact) mass is 470 g/mol. The number of carboxylic acids is 1. The van der Waals surface area contributed by atoms with Gasteiger partial charge in [-0.05, 0) is 80.5 Å². The van der Waals surface area contributed by atoms with Crippen LogP contribution in [0.1, 0.15) is 61.7 Å². The molecule has 0 unspecified atom stereocenters. The number of hydrogen-bond donors (Lipinski definition) is 1. The molecule has 0 radical (unpaired) electrons. The highest BCUT2D eigenvalue weighted by Crippen LogP contribution is 2.39. The molecule has 0 fully saturated rings. The molecule has 8 heteroatoms. The number of aromatic nitrogens is 1. The summed E-state index contributed by atoms with van der Waals surface area (Å²) in [6.45, 7) is 3.68. The zero-order chi connectivity index (χ0) is 23.9. The summed E-state index contributed by atoms with van der Waals surface area (Å²) in [5, 5.41) is 20.2. The molecule has 170 valence electrons. The smallest absolute Gasteiger partial charge is 0.416 e. The highest BCUT2D eigenvalue weighted by Gasteiger charge is 2.31. The second-order valence-electron chi connectivity index (χ2n) is 8.11. The van der Waals surface area contributed by atoms with Crippen molar-refractivity contribution in [3.8, 4) is 11.1 Å². The molecular weight excluding hydrogens is 449 g/mol. The van der Waals surface area contributed by atoms with Gasteiger partial charge < -0.3 is 9.67 Å². The molecule has 1 aromatic carbocycles. The van der Waals surface area contributed by atoms with Crippen molar-refractivity contribution in [2.45, 2.75) is 45.7 Å². The second kappa shape index (κ2) is 8.56. The summed E-state index contributed by atoms with van der Waals surface area (Å²) in [7, 11) is 0. The average molecular weight is 471 g/mol. The molecule has 0 amide bonds. The molecule has 2 heterocycles. The molecule has 3 aromatic rings. The summed E-state index contributed by atoms with van der Waals surface area (Å²) >= 11 is 1.48. The summed E-state index contributed by atoms with van der Waals surface area (Å²) in [6, 6.07) is 8.51. The van der Waals surface area contributed by atoms with Gasteiger partial charge in [-0.1, -0.05) is 12.1 Å². The van der Waals surface area contributed by atoms with E-state index in [1.54, 1.807) is 6.08 Å². The number of carboxylic acid groups (broad SMARTS) is 1. The normalized spacial score (nSPS) is 14.1. The fourth-order valence-corrected chi connectivity index (χ4v) is 5.87. The van der Waals surface area contributed by atoms with Crippen LogP contribution in [0.2, 0.25) is 0 Å². The van der Waals surface area contributed by atoms with Crippen molar-refractivity contribution in [1.82, 2.24) is 4.57 Å². The van der Waals surface area contributed by atoms with Crippen LogP contribution in [-0.2, 0) is 19.0 Å². The number of thiophene rings is 1. The zero-order valence-electron chi connectivity index (χ0n) is 18.1. The van der Waals surface area contributed by atoms with E-state index in [0.29, 0.717) is 16.1 Å². The molecule has 0 bridgehead atoms. The van der Waals surface area contributed by atoms with Crippen molar-refractivity contribution in [2.75, 3.05) is 0 Å². The molecule has 4 rings (SSSR count). The van der Waals surface area contributed by atoms with Crippen LogP contribution in [0.25, 0.3) is 16.7 Å². The summed E-state index contributed by atoms with van der Waals surface area (Å²) in [6.07, 6.45) is 0.657. The lowest BCUT2D eigenvalue weighted by molar-refractivity contribution is -0.137. The van der Waals surface area contributed by atoms with E-state index in [9.17, 15) is 28.3 Å². The number of aromatic carboxylic acids is 1. The number of nitrogens with zero attached hydrogens (tertiary/aromatic N) is 2. The van der Waals surface area contributed by atoms with Gasteiger partial charge in [0.05, 0.1) is 22.8 Å². The minimum absolute atomic E-state index is 0.102. The van der Waals surface area contributed by atoms with Gasteiger partial charge in [-0.3, -0.25) is 0 Å². The van der Waals surface area contributed by atoms with Crippen LogP contribution in [0.3, 0.4) is 0 Å². The first kappa shape index (κ1) is 22.9. The Labute approximate surface area is 193 Å². The van der Waals surface area contributed by atoms with Crippen LogP contribution >= 0.6 is 11.3 Å². The molecule has 0 spiro atoms. The van der Waals surface area contributed by atoms with Crippen LogP contribution < -0.4 is 0 Å². The Morgan fingerprint density at radius 2 is 1.94 bits per heavy atom. The topological polar surface area (TPSA) is 66.0 Å². The minimum atomic E-state index is -4.50. The first-order chi connectivity index (χ1) is 15.6. The highest BCUT2D eigenvalue weighted by molar-refractivity contribution is 7.15. The van der Waals surface area contributed by atoms with Crippen molar-refractivity contribution in [3.63, 3.8) is 0 Å². The molecule has 0 atom stereocenters. The lowest BCUT2D eigenvalue weighted by Crippen LogP contribution is -2.09. The van der Waals surface area contributed by atoms with Crippen LogP contribution in [-0.4, -0.2) is 15.6 Å². The number of rotatable bonds is 4. The van der Waals surface area contributed by atoms with Crippen LogP contribution in [0.5, 0.6) is 0 Å². The predicted molar refractivity (Wildman–Crippen MR) is 122 cm³/mol. The van der Waals surface area contributed by atoms with Gasteiger partial charge in [-0.15, -0.1) is 11.3 Å². The number of nitriles is 1. The number of alkyl halides is 3. The van der Waals surface area contributed by atoms with Gasteiger partial charge >= 0.3 is 12.1 Å². The fourth-order valence-electron chi connectivity index (χ4n) is 4.37. The van der Waals surface area contributed by atoms with Crippen molar-refractivity contribution in [2.24, 2.45) is 0 Å². The maximum atomic E-state index is 13.1. The third-order valence-electron chi connectivity index (χ3n) is 5.96. The third-order valence-corrected chi connectivity index (χ3v) is 7.24. The van der Waals surface area contributed by atoms with Crippen molar-refractivity contribution >= 4 is 29.0 Å². The van der Waals surface area contributed by atoms with E-state index in [2.05, 4.69) is 0 Å². The maximum Gasteiger partial charge on any atom is 0.416 e. The Kier molecular flexibility index (Phi) is 5.93. The van der Waals surface area contributed by atoms with E-state index in [0.717, 1.165) is 59.6 Å². The summed E-state index contributed by atoms with van der Waals surface area (Å²) in [5.74, 6) is -0.962. The quantitative estimate of drug-likeness (QED) is 0.426. The number of aryl methyl sites for hydroxylation is 2. The summed E-state index contributed by atoms with van der Waals surface area (Å²) in [5.41, 5.74) is 2.87. The molecule has 1 aliphatic rings. The van der Waals surface area contributed by atoms with Crippen molar-refractivity contribution in [1.29, 1.82) is 5.26 Å². The lowest BCUT2D eigenvalue weighted by atomic mass is 9.95. The van der Waals surface area contributed by atoms with E-state index >= 15 is 0 Å². The number of benzene rings is 1. The molecule has 2 aromatic heterocycles. The van der Waals surface area contributed by atoms with Gasteiger partial charge in [0.25, 0.3) is 0 Å². The van der Waals surface area contributed by atoms with Crippen LogP contribution in [0, 0.1) is 25.2 Å². The Morgan fingerprint density at radius 1 is 1.21 bits per heavy atom. The van der Waals surface area contributed by atoms with Crippen LogP contribution in [0.4, 0.5) is 13.2 Å². The minimum Gasteiger partial charge on any atom is -0.478 e. The Bertz CT molecular complexity index is 1320. The highest BCUT2D eigenvalue weighted by atomic mass is 32.1. The fraction of sp³-hybridized carbons (Fsp3) is 0.280. The Morgan fingerprint density at radius 3 is 2.61 bits per heavy atom. The molecule has 0 saturated carbocycles. The van der Waals surface area contributed by atoms with Crippen molar-refractivity contribution in [3.05, 3.63) is 74.4 Å². The first-order valence-corrected chi connectivity index (χ1v) is 11.3. The molecule has 1 N–H and O–H groups in total. The van der Waals surface area contributed by atoms with Crippen molar-refractivity contribution < 1.29 is 23.1 Å². The van der Waals surface area contributed by atoms with E-state index in [1.165, 1.54) is 23.5 Å². The second-order valence-corrected chi connectivity index (χ2v) is 9.19. The number of carbonyl (C=O) groups is 1. The molecular formula is C25H21F3N2O2S. The summed E-state index contributed by atoms with van der Waals surface area (Å²) < 4.78 is 41.2. The van der Waals surface area contributed by atoms with E-state index < -0.39 is 17.7 Å². The largest absolute Gasteiger partial charge is 0.478 e. The van der Waals surface area contributed by atoms with Crippen LogP contribution in [0.15, 0.2) is 30.3 Å². The lowest BCUT2D eigenvalue weighted by Gasteiger charge is -2.11. The Balaban J connectivity index is 1.83. The predicted octanol–water partition coefficient (Wildman–Crippen LogP) is 6.82. The molecule has 33 heavy (non-hydrogen) atoms. The molecule has 0 saturated heterocycles. The molecule has 4 nitrogen and oxygen atoms in total. The van der Waals surface area contributed by atoms with Gasteiger partial charge in [-0.2, -0.15) is 18.4 Å². The van der Waals surface area contributed by atoms with Gasteiger partial charge in [0, 0.05) is 16.3 Å². The third kappa shape index (κ3) is 4.21. The maximum absolute atomic E-state index is 13.1. The number of halogens is 3.